The highest BCUT2D eigenvalue weighted by atomic mass is 16.6. The Kier molecular flexibility index (Phi) is 3.90. The average molecular weight is 254 g/mol. The zero-order chi connectivity index (χ0) is 13.0. The molecule has 1 aliphatic rings. The second-order valence-corrected chi connectivity index (χ2v) is 3.92. The molecule has 1 amide bonds. The Labute approximate surface area is 103 Å². The van der Waals surface area contributed by atoms with Gasteiger partial charge in [0.25, 0.3) is 5.91 Å². The van der Waals surface area contributed by atoms with Crippen LogP contribution in [0.5, 0.6) is 0 Å². The Bertz CT molecular complexity index is 439. The fraction of sp³-hybridized carbons (Fsp3) is 0.500. The zero-order valence-corrected chi connectivity index (χ0v) is 9.64. The third kappa shape index (κ3) is 3.05. The van der Waals surface area contributed by atoms with Crippen molar-refractivity contribution in [1.82, 2.24) is 15.6 Å². The highest BCUT2D eigenvalue weighted by molar-refractivity contribution is 5.92. The maximum absolute atomic E-state index is 11.7. The third-order valence-electron chi connectivity index (χ3n) is 2.61. The van der Waals surface area contributed by atoms with Gasteiger partial charge in [-0.1, -0.05) is 0 Å². The number of nitrogens with zero attached hydrogens (tertiary/aromatic N) is 1. The topological polar surface area (TPSA) is 109 Å². The fourth-order valence-electron chi connectivity index (χ4n) is 1.68. The van der Waals surface area contributed by atoms with E-state index in [4.69, 9.17) is 4.74 Å². The van der Waals surface area contributed by atoms with Gasteiger partial charge in [-0.05, 0) is 11.0 Å². The van der Waals surface area contributed by atoms with Crippen molar-refractivity contribution in [2.24, 2.45) is 0 Å². The number of aromatic amines is 1. The Balaban J connectivity index is 1.84. The first-order valence-electron chi connectivity index (χ1n) is 5.61. The molecule has 0 saturated carbocycles. The van der Waals surface area contributed by atoms with Crippen LogP contribution in [0.25, 0.3) is 0 Å². The predicted molar refractivity (Wildman–Crippen MR) is 62.4 cm³/mol. The van der Waals surface area contributed by atoms with Gasteiger partial charge < -0.3 is 25.5 Å². The van der Waals surface area contributed by atoms with Crippen molar-refractivity contribution < 1.29 is 14.5 Å². The van der Waals surface area contributed by atoms with E-state index in [1.807, 2.05) is 0 Å². The molecule has 1 unspecified atom stereocenters. The molecule has 8 heteroatoms. The molecular formula is C10H14N4O4. The number of aromatic nitrogens is 1. The molecule has 18 heavy (non-hydrogen) atoms. The molecule has 98 valence electrons. The van der Waals surface area contributed by atoms with Crippen LogP contribution in [0.1, 0.15) is 10.5 Å². The molecule has 1 aliphatic heterocycles. The number of rotatable bonds is 4. The molecule has 8 nitrogen and oxygen atoms in total. The maximum Gasteiger partial charge on any atom is 0.321 e. The summed E-state index contributed by atoms with van der Waals surface area (Å²) in [4.78, 5) is 24.0. The van der Waals surface area contributed by atoms with Gasteiger partial charge in [0.2, 0.25) is 0 Å². The molecule has 2 rings (SSSR count). The normalized spacial score (nSPS) is 19.4. The largest absolute Gasteiger partial charge is 0.374 e. The highest BCUT2D eigenvalue weighted by Crippen LogP contribution is 2.09. The number of ether oxygens (including phenoxy) is 1. The average Bonchev–Trinajstić information content (AvgIpc) is 2.87. The van der Waals surface area contributed by atoms with E-state index in [2.05, 4.69) is 15.6 Å². The van der Waals surface area contributed by atoms with Gasteiger partial charge >= 0.3 is 5.82 Å². The summed E-state index contributed by atoms with van der Waals surface area (Å²) in [5.41, 5.74) is 0.172. The smallest absolute Gasteiger partial charge is 0.321 e. The van der Waals surface area contributed by atoms with Crippen molar-refractivity contribution >= 4 is 11.7 Å². The van der Waals surface area contributed by atoms with E-state index < -0.39 is 4.92 Å². The molecule has 0 aromatic carbocycles. The number of hydrogen-bond donors (Lipinski definition) is 3. The van der Waals surface area contributed by atoms with Gasteiger partial charge in [-0.25, -0.2) is 4.98 Å². The van der Waals surface area contributed by atoms with Gasteiger partial charge in [0, 0.05) is 25.7 Å². The van der Waals surface area contributed by atoms with Crippen LogP contribution in [0, 0.1) is 10.1 Å². The van der Waals surface area contributed by atoms with E-state index >= 15 is 0 Å². The monoisotopic (exact) mass is 254 g/mol. The van der Waals surface area contributed by atoms with E-state index in [1.165, 1.54) is 12.1 Å². The lowest BCUT2D eigenvalue weighted by Gasteiger charge is -2.23. The van der Waals surface area contributed by atoms with E-state index in [-0.39, 0.29) is 23.5 Å². The number of morpholine rings is 1. The number of carbonyl (C=O) groups excluding carboxylic acids is 1. The van der Waals surface area contributed by atoms with Crippen LogP contribution in [-0.4, -0.2) is 48.2 Å². The Hall–Kier alpha value is -1.93. The van der Waals surface area contributed by atoms with Crippen molar-refractivity contribution in [1.29, 1.82) is 0 Å². The van der Waals surface area contributed by atoms with Crippen molar-refractivity contribution in [2.45, 2.75) is 6.10 Å². The summed E-state index contributed by atoms with van der Waals surface area (Å²) in [5.74, 6) is -0.576. The summed E-state index contributed by atoms with van der Waals surface area (Å²) in [6.07, 6.45) is -0.0624. The number of hydrogen-bond acceptors (Lipinski definition) is 5. The van der Waals surface area contributed by atoms with Gasteiger partial charge in [0.1, 0.15) is 0 Å². The molecule has 0 bridgehead atoms. The van der Waals surface area contributed by atoms with Crippen LogP contribution in [0.2, 0.25) is 0 Å². The van der Waals surface area contributed by atoms with Crippen LogP contribution < -0.4 is 10.6 Å². The van der Waals surface area contributed by atoms with Gasteiger partial charge in [-0.2, -0.15) is 0 Å². The lowest BCUT2D eigenvalue weighted by Crippen LogP contribution is -2.45. The molecule has 1 aromatic rings. The molecule has 1 saturated heterocycles. The van der Waals surface area contributed by atoms with Gasteiger partial charge in [-0.15, -0.1) is 0 Å². The first-order chi connectivity index (χ1) is 8.66. The zero-order valence-electron chi connectivity index (χ0n) is 9.64. The number of carbonyl (C=O) groups is 1. The predicted octanol–water partition coefficient (Wildman–Crippen LogP) is -0.359. The van der Waals surface area contributed by atoms with Crippen LogP contribution in [0.4, 0.5) is 5.82 Å². The second-order valence-electron chi connectivity index (χ2n) is 3.92. The van der Waals surface area contributed by atoms with Gasteiger partial charge in [0.05, 0.1) is 12.7 Å². The molecule has 1 atom stereocenters. The standard InChI is InChI=1S/C10H14N4O4/c15-10(8-1-2-9(13-8)14(16)17)12-6-7-5-11-3-4-18-7/h1-2,7,11,13H,3-6H2,(H,12,15). The Morgan fingerprint density at radius 2 is 2.44 bits per heavy atom. The summed E-state index contributed by atoms with van der Waals surface area (Å²) in [6.45, 7) is 2.49. The van der Waals surface area contributed by atoms with E-state index in [0.29, 0.717) is 19.7 Å². The summed E-state index contributed by atoms with van der Waals surface area (Å²) in [7, 11) is 0. The van der Waals surface area contributed by atoms with Crippen molar-refractivity contribution in [2.75, 3.05) is 26.2 Å². The summed E-state index contributed by atoms with van der Waals surface area (Å²) in [5, 5.41) is 16.3. The summed E-state index contributed by atoms with van der Waals surface area (Å²) >= 11 is 0. The highest BCUT2D eigenvalue weighted by Gasteiger charge is 2.18. The lowest BCUT2D eigenvalue weighted by molar-refractivity contribution is -0.389. The molecule has 0 aliphatic carbocycles. The molecule has 1 aromatic heterocycles. The van der Waals surface area contributed by atoms with E-state index in [0.717, 1.165) is 6.54 Å². The third-order valence-corrected chi connectivity index (χ3v) is 2.61. The molecular weight excluding hydrogens is 240 g/mol. The first-order valence-corrected chi connectivity index (χ1v) is 5.61. The lowest BCUT2D eigenvalue weighted by atomic mass is 10.3. The van der Waals surface area contributed by atoms with Gasteiger partial charge in [-0.3, -0.25) is 4.79 Å². The van der Waals surface area contributed by atoms with Crippen molar-refractivity contribution in [3.8, 4) is 0 Å². The number of nitrogens with one attached hydrogen (secondary N) is 3. The van der Waals surface area contributed by atoms with Crippen molar-refractivity contribution in [3.05, 3.63) is 27.9 Å². The molecule has 2 heterocycles. The molecule has 0 spiro atoms. The molecule has 1 fully saturated rings. The van der Waals surface area contributed by atoms with E-state index in [1.54, 1.807) is 0 Å². The van der Waals surface area contributed by atoms with Crippen LogP contribution in [-0.2, 0) is 4.74 Å². The molecule has 3 N–H and O–H groups in total. The fourth-order valence-corrected chi connectivity index (χ4v) is 1.68. The van der Waals surface area contributed by atoms with Gasteiger partial charge in [0.15, 0.2) is 5.69 Å². The van der Waals surface area contributed by atoms with Crippen LogP contribution in [0.3, 0.4) is 0 Å². The van der Waals surface area contributed by atoms with Crippen LogP contribution >= 0.6 is 0 Å². The first kappa shape index (κ1) is 12.5. The minimum absolute atomic E-state index is 0.0624. The number of nitro groups is 1. The number of amides is 1. The SMILES string of the molecule is O=C(NCC1CNCCO1)c1ccc([N+](=O)[O-])[nH]1. The quantitative estimate of drug-likeness (QED) is 0.502. The number of H-pyrrole nitrogens is 1. The Morgan fingerprint density at radius 1 is 1.61 bits per heavy atom. The summed E-state index contributed by atoms with van der Waals surface area (Å²) in [6, 6.07) is 2.64. The minimum Gasteiger partial charge on any atom is -0.374 e. The Morgan fingerprint density at radius 3 is 3.06 bits per heavy atom. The molecule has 0 radical (unpaired) electrons. The summed E-state index contributed by atoms with van der Waals surface area (Å²) < 4.78 is 5.41. The maximum atomic E-state index is 11.7. The van der Waals surface area contributed by atoms with Crippen LogP contribution in [0.15, 0.2) is 12.1 Å². The second kappa shape index (κ2) is 5.61. The van der Waals surface area contributed by atoms with E-state index in [9.17, 15) is 14.9 Å². The minimum atomic E-state index is -0.578. The van der Waals surface area contributed by atoms with Crippen molar-refractivity contribution in [3.63, 3.8) is 0 Å².